The topological polar surface area (TPSA) is 49.3 Å². The van der Waals surface area contributed by atoms with Gasteiger partial charge < -0.3 is 10.4 Å². The number of thiophene rings is 1. The summed E-state index contributed by atoms with van der Waals surface area (Å²) in [6.45, 7) is 0. The smallest absolute Gasteiger partial charge is 0.321 e. The van der Waals surface area contributed by atoms with E-state index < -0.39 is 12.0 Å². The Bertz CT molecular complexity index is 261. The molecular weight excluding hydrogens is 206 g/mol. The van der Waals surface area contributed by atoms with Crippen LogP contribution in [-0.4, -0.2) is 29.9 Å². The minimum absolute atomic E-state index is 0.466. The highest BCUT2D eigenvalue weighted by Gasteiger charge is 2.14. The molecule has 3 nitrogen and oxygen atoms in total. The Morgan fingerprint density at radius 3 is 3.08 bits per heavy atom. The van der Waals surface area contributed by atoms with Gasteiger partial charge in [0.2, 0.25) is 0 Å². The molecule has 0 saturated carbocycles. The van der Waals surface area contributed by atoms with Crippen molar-refractivity contribution in [3.8, 4) is 0 Å². The van der Waals surface area contributed by atoms with Crippen LogP contribution in [-0.2, 0) is 4.79 Å². The van der Waals surface area contributed by atoms with Crippen LogP contribution in [0.5, 0.6) is 0 Å². The van der Waals surface area contributed by atoms with Crippen LogP contribution in [0.1, 0.15) is 0 Å². The SMILES string of the molecule is CN[C@@H](CSc1cccs1)C(=O)O. The van der Waals surface area contributed by atoms with E-state index in [2.05, 4.69) is 5.32 Å². The van der Waals surface area contributed by atoms with Gasteiger partial charge in [-0.15, -0.1) is 23.1 Å². The molecule has 1 heterocycles. The second-order valence-electron chi connectivity index (χ2n) is 2.42. The minimum Gasteiger partial charge on any atom is -0.480 e. The second kappa shape index (κ2) is 5.26. The largest absolute Gasteiger partial charge is 0.480 e. The Hall–Kier alpha value is -0.520. The first kappa shape index (κ1) is 10.6. The van der Waals surface area contributed by atoms with Crippen molar-refractivity contribution < 1.29 is 9.90 Å². The van der Waals surface area contributed by atoms with Crippen molar-refractivity contribution in [2.45, 2.75) is 10.3 Å². The zero-order valence-electron chi connectivity index (χ0n) is 7.19. The third kappa shape index (κ3) is 3.38. The third-order valence-corrected chi connectivity index (χ3v) is 3.76. The van der Waals surface area contributed by atoms with Crippen molar-refractivity contribution in [3.63, 3.8) is 0 Å². The van der Waals surface area contributed by atoms with Gasteiger partial charge in [-0.2, -0.15) is 0 Å². The van der Waals surface area contributed by atoms with Crippen molar-refractivity contribution in [1.82, 2.24) is 5.32 Å². The number of hydrogen-bond donors (Lipinski definition) is 2. The van der Waals surface area contributed by atoms with Crippen molar-refractivity contribution in [3.05, 3.63) is 17.5 Å². The Labute approximate surface area is 85.2 Å². The Morgan fingerprint density at radius 1 is 1.85 bits per heavy atom. The Kier molecular flexibility index (Phi) is 4.27. The zero-order valence-corrected chi connectivity index (χ0v) is 8.82. The molecule has 0 aliphatic rings. The number of likely N-dealkylation sites (N-methyl/N-ethyl adjacent to an activating group) is 1. The predicted molar refractivity (Wildman–Crippen MR) is 55.5 cm³/mol. The van der Waals surface area contributed by atoms with Gasteiger partial charge in [0.25, 0.3) is 0 Å². The van der Waals surface area contributed by atoms with E-state index in [0.717, 1.165) is 4.21 Å². The fourth-order valence-corrected chi connectivity index (χ4v) is 2.70. The van der Waals surface area contributed by atoms with Crippen LogP contribution >= 0.6 is 23.1 Å². The summed E-state index contributed by atoms with van der Waals surface area (Å²) in [7, 11) is 1.66. The van der Waals surface area contributed by atoms with Crippen molar-refractivity contribution in [2.24, 2.45) is 0 Å². The highest BCUT2D eigenvalue weighted by Crippen LogP contribution is 2.23. The average Bonchev–Trinajstić information content (AvgIpc) is 2.57. The number of hydrogen-bond acceptors (Lipinski definition) is 4. The van der Waals surface area contributed by atoms with Crippen LogP contribution in [0.4, 0.5) is 0 Å². The lowest BCUT2D eigenvalue weighted by Crippen LogP contribution is -2.35. The molecule has 0 aliphatic carbocycles. The first-order valence-corrected chi connectivity index (χ1v) is 5.67. The molecule has 0 unspecified atom stereocenters. The van der Waals surface area contributed by atoms with Crippen LogP contribution in [0, 0.1) is 0 Å². The highest BCUT2D eigenvalue weighted by atomic mass is 32.2. The molecule has 13 heavy (non-hydrogen) atoms. The van der Waals surface area contributed by atoms with E-state index in [0.29, 0.717) is 5.75 Å². The van der Waals surface area contributed by atoms with Gasteiger partial charge in [-0.3, -0.25) is 4.79 Å². The lowest BCUT2D eigenvalue weighted by Gasteiger charge is -2.08. The first-order chi connectivity index (χ1) is 6.24. The number of thioether (sulfide) groups is 1. The Morgan fingerprint density at radius 2 is 2.62 bits per heavy atom. The quantitative estimate of drug-likeness (QED) is 0.734. The molecule has 0 aromatic carbocycles. The summed E-state index contributed by atoms with van der Waals surface area (Å²) in [4.78, 5) is 10.6. The monoisotopic (exact) mass is 217 g/mol. The molecule has 2 N–H and O–H groups in total. The molecule has 0 radical (unpaired) electrons. The molecule has 0 bridgehead atoms. The maximum absolute atomic E-state index is 10.6. The molecule has 0 spiro atoms. The fourth-order valence-electron chi connectivity index (χ4n) is 0.789. The van der Waals surface area contributed by atoms with Gasteiger partial charge in [-0.25, -0.2) is 0 Å². The molecule has 5 heteroatoms. The van der Waals surface area contributed by atoms with Crippen molar-refractivity contribution >= 4 is 29.1 Å². The van der Waals surface area contributed by atoms with Crippen molar-refractivity contribution in [2.75, 3.05) is 12.8 Å². The maximum atomic E-state index is 10.6. The number of aliphatic carboxylic acids is 1. The summed E-state index contributed by atoms with van der Waals surface area (Å²) in [5.74, 6) is -0.238. The predicted octanol–water partition coefficient (Wildman–Crippen LogP) is 1.51. The van der Waals surface area contributed by atoms with Gasteiger partial charge in [0, 0.05) is 5.75 Å². The molecule has 0 aliphatic heterocycles. The molecule has 1 atom stereocenters. The lowest BCUT2D eigenvalue weighted by atomic mass is 10.3. The first-order valence-electron chi connectivity index (χ1n) is 3.80. The summed E-state index contributed by atoms with van der Waals surface area (Å²) in [6.07, 6.45) is 0. The van der Waals surface area contributed by atoms with Gasteiger partial charge in [0.15, 0.2) is 0 Å². The van der Waals surface area contributed by atoms with Crippen LogP contribution in [0.15, 0.2) is 21.7 Å². The summed E-state index contributed by atoms with van der Waals surface area (Å²) in [5.41, 5.74) is 0. The summed E-state index contributed by atoms with van der Waals surface area (Å²) in [5, 5.41) is 13.5. The molecule has 1 aromatic heterocycles. The van der Waals surface area contributed by atoms with Gasteiger partial charge in [0.05, 0.1) is 4.21 Å². The fraction of sp³-hybridized carbons (Fsp3) is 0.375. The number of carboxylic acids is 1. The molecule has 0 saturated heterocycles. The molecule has 0 fully saturated rings. The maximum Gasteiger partial charge on any atom is 0.321 e. The van der Waals surface area contributed by atoms with Crippen LogP contribution in [0.2, 0.25) is 0 Å². The number of carbonyl (C=O) groups is 1. The molecule has 0 amide bonds. The number of rotatable bonds is 5. The third-order valence-electron chi connectivity index (χ3n) is 1.53. The Balaban J connectivity index is 2.36. The van der Waals surface area contributed by atoms with E-state index in [9.17, 15) is 4.79 Å². The molecule has 1 rings (SSSR count). The van der Waals surface area contributed by atoms with Gasteiger partial charge >= 0.3 is 5.97 Å². The van der Waals surface area contributed by atoms with Crippen LogP contribution in [0.25, 0.3) is 0 Å². The summed E-state index contributed by atoms with van der Waals surface area (Å²) < 4.78 is 1.15. The standard InChI is InChI=1S/C8H11NO2S2/c1-9-6(8(10)11)5-13-7-3-2-4-12-7/h2-4,6,9H,5H2,1H3,(H,10,11)/t6-/m0/s1. The van der Waals surface area contributed by atoms with Crippen molar-refractivity contribution in [1.29, 1.82) is 0 Å². The molecule has 72 valence electrons. The van der Waals surface area contributed by atoms with Gasteiger partial charge in [0.1, 0.15) is 6.04 Å². The van der Waals surface area contributed by atoms with Gasteiger partial charge in [-0.05, 0) is 18.5 Å². The summed E-state index contributed by atoms with van der Waals surface area (Å²) in [6, 6.07) is 3.48. The second-order valence-corrected chi connectivity index (χ2v) is 4.69. The van der Waals surface area contributed by atoms with E-state index in [-0.39, 0.29) is 0 Å². The molecule has 1 aromatic rings. The van der Waals surface area contributed by atoms with E-state index in [1.807, 2.05) is 17.5 Å². The zero-order chi connectivity index (χ0) is 9.68. The number of nitrogens with one attached hydrogen (secondary N) is 1. The molecular formula is C8H11NO2S2. The highest BCUT2D eigenvalue weighted by molar-refractivity contribution is 8.01. The van der Waals surface area contributed by atoms with E-state index in [1.54, 1.807) is 30.1 Å². The number of carboxylic acid groups (broad SMARTS) is 1. The van der Waals surface area contributed by atoms with E-state index in [4.69, 9.17) is 5.11 Å². The average molecular weight is 217 g/mol. The lowest BCUT2D eigenvalue weighted by molar-refractivity contribution is -0.138. The minimum atomic E-state index is -0.799. The van der Waals surface area contributed by atoms with E-state index in [1.165, 1.54) is 0 Å². The summed E-state index contributed by atoms with van der Waals surface area (Å²) >= 11 is 3.19. The van der Waals surface area contributed by atoms with Crippen LogP contribution < -0.4 is 5.32 Å². The van der Waals surface area contributed by atoms with E-state index >= 15 is 0 Å². The van der Waals surface area contributed by atoms with Crippen LogP contribution in [0.3, 0.4) is 0 Å². The normalized spacial score (nSPS) is 12.7. The van der Waals surface area contributed by atoms with Gasteiger partial charge in [-0.1, -0.05) is 6.07 Å².